The monoisotopic (exact) mass is 346 g/mol. The lowest BCUT2D eigenvalue weighted by Gasteiger charge is -2.10. The van der Waals surface area contributed by atoms with Crippen molar-refractivity contribution in [2.45, 2.75) is 6.18 Å². The number of nitro groups is 1. The van der Waals surface area contributed by atoms with Crippen molar-refractivity contribution in [2.75, 3.05) is 5.32 Å². The number of nitrogens with one attached hydrogen (secondary N) is 1. The van der Waals surface area contributed by atoms with Gasteiger partial charge in [0, 0.05) is 18.0 Å². The van der Waals surface area contributed by atoms with Crippen molar-refractivity contribution in [1.29, 1.82) is 0 Å². The van der Waals surface area contributed by atoms with E-state index in [9.17, 15) is 28.1 Å². The molecule has 2 rings (SSSR count). The first-order valence-corrected chi connectivity index (χ1v) is 6.20. The number of carbonyl (C=O) groups is 1. The van der Waals surface area contributed by atoms with Crippen LogP contribution < -0.4 is 5.32 Å². The van der Waals surface area contributed by atoms with Crippen LogP contribution in [-0.2, 0) is 6.18 Å². The Morgan fingerprint density at radius 1 is 1.35 bits per heavy atom. The van der Waals surface area contributed by atoms with E-state index >= 15 is 0 Å². The Hall–Kier alpha value is -2.75. The Morgan fingerprint density at radius 2 is 2.04 bits per heavy atom. The van der Waals surface area contributed by atoms with E-state index in [1.165, 1.54) is 0 Å². The number of halogens is 4. The van der Waals surface area contributed by atoms with Gasteiger partial charge in [0.05, 0.1) is 9.95 Å². The average molecular weight is 347 g/mol. The molecule has 0 aliphatic carbocycles. The van der Waals surface area contributed by atoms with Gasteiger partial charge < -0.3 is 5.32 Å². The zero-order chi connectivity index (χ0) is 17.2. The number of aromatic nitrogens is 2. The highest BCUT2D eigenvalue weighted by molar-refractivity contribution is 6.33. The predicted molar refractivity (Wildman–Crippen MR) is 73.1 cm³/mol. The summed E-state index contributed by atoms with van der Waals surface area (Å²) in [6.07, 6.45) is -2.77. The number of hydrogen-bond acceptors (Lipinski definition) is 5. The average Bonchev–Trinajstić information content (AvgIpc) is 2.46. The lowest BCUT2D eigenvalue weighted by molar-refractivity contribution is -0.388. The lowest BCUT2D eigenvalue weighted by Crippen LogP contribution is -2.16. The minimum atomic E-state index is -4.95. The third kappa shape index (κ3) is 3.72. The van der Waals surface area contributed by atoms with Crippen molar-refractivity contribution in [3.05, 3.63) is 57.1 Å². The molecule has 120 valence electrons. The maximum atomic E-state index is 12.9. The summed E-state index contributed by atoms with van der Waals surface area (Å²) in [7, 11) is 0. The zero-order valence-electron chi connectivity index (χ0n) is 11.0. The molecule has 1 amide bonds. The van der Waals surface area contributed by atoms with Crippen LogP contribution in [0.15, 0.2) is 30.7 Å². The highest BCUT2D eigenvalue weighted by atomic mass is 35.5. The van der Waals surface area contributed by atoms with Crippen molar-refractivity contribution < 1.29 is 22.9 Å². The van der Waals surface area contributed by atoms with Gasteiger partial charge in [-0.2, -0.15) is 13.2 Å². The van der Waals surface area contributed by atoms with Crippen molar-refractivity contribution in [3.63, 3.8) is 0 Å². The summed E-state index contributed by atoms with van der Waals surface area (Å²) in [4.78, 5) is 28.6. The number of nitrogens with zero attached hydrogens (tertiary/aromatic N) is 3. The van der Waals surface area contributed by atoms with E-state index < -0.39 is 28.3 Å². The van der Waals surface area contributed by atoms with Crippen LogP contribution >= 0.6 is 11.6 Å². The SMILES string of the molecule is O=C(Nc1ccc([N+](=O)[O-])c(C(F)(F)F)c1)c1ncncc1Cl. The molecule has 0 aliphatic heterocycles. The van der Waals surface area contributed by atoms with Gasteiger partial charge in [-0.05, 0) is 12.1 Å². The minimum absolute atomic E-state index is 0.0945. The van der Waals surface area contributed by atoms with E-state index in [-0.39, 0.29) is 16.4 Å². The normalized spacial score (nSPS) is 11.1. The van der Waals surface area contributed by atoms with E-state index in [1.807, 2.05) is 0 Å². The third-order valence-electron chi connectivity index (χ3n) is 2.64. The fourth-order valence-electron chi connectivity index (χ4n) is 1.67. The molecule has 0 saturated heterocycles. The summed E-state index contributed by atoms with van der Waals surface area (Å²) in [5.41, 5.74) is -3.12. The van der Waals surface area contributed by atoms with Crippen LogP contribution in [0.3, 0.4) is 0 Å². The molecule has 0 atom stereocenters. The second-order valence-electron chi connectivity index (χ2n) is 4.16. The summed E-state index contributed by atoms with van der Waals surface area (Å²) in [6.45, 7) is 0. The van der Waals surface area contributed by atoms with E-state index in [2.05, 4.69) is 15.3 Å². The Balaban J connectivity index is 2.36. The largest absolute Gasteiger partial charge is 0.423 e. The van der Waals surface area contributed by atoms with Gasteiger partial charge in [0.15, 0.2) is 0 Å². The summed E-state index contributed by atoms with van der Waals surface area (Å²) < 4.78 is 38.6. The van der Waals surface area contributed by atoms with E-state index in [0.29, 0.717) is 12.1 Å². The highest BCUT2D eigenvalue weighted by Gasteiger charge is 2.38. The molecule has 7 nitrogen and oxygen atoms in total. The van der Waals surface area contributed by atoms with Crippen molar-refractivity contribution in [3.8, 4) is 0 Å². The molecule has 1 aromatic carbocycles. The van der Waals surface area contributed by atoms with Crippen LogP contribution in [0.25, 0.3) is 0 Å². The molecular formula is C12H6ClF3N4O3. The number of rotatable bonds is 3. The summed E-state index contributed by atoms with van der Waals surface area (Å²) in [5.74, 6) is -0.876. The summed E-state index contributed by atoms with van der Waals surface area (Å²) >= 11 is 5.70. The summed E-state index contributed by atoms with van der Waals surface area (Å²) in [6, 6.07) is 2.09. The first-order valence-electron chi connectivity index (χ1n) is 5.82. The van der Waals surface area contributed by atoms with E-state index in [4.69, 9.17) is 11.6 Å². The van der Waals surface area contributed by atoms with Crippen LogP contribution in [0.1, 0.15) is 16.1 Å². The second kappa shape index (κ2) is 6.16. The molecule has 1 aromatic heterocycles. The summed E-state index contributed by atoms with van der Waals surface area (Å²) in [5, 5.41) is 12.7. The molecule has 2 aromatic rings. The highest BCUT2D eigenvalue weighted by Crippen LogP contribution is 2.37. The molecule has 0 aliphatic rings. The second-order valence-corrected chi connectivity index (χ2v) is 4.57. The van der Waals surface area contributed by atoms with Gasteiger partial charge in [-0.1, -0.05) is 11.6 Å². The Labute approximate surface area is 131 Å². The standard InChI is InChI=1S/C12H6ClF3N4O3/c13-8-4-17-5-18-10(8)11(21)19-6-1-2-9(20(22)23)7(3-6)12(14,15)16/h1-5H,(H,19,21). The fourth-order valence-corrected chi connectivity index (χ4v) is 1.86. The van der Waals surface area contributed by atoms with Gasteiger partial charge >= 0.3 is 6.18 Å². The van der Waals surface area contributed by atoms with Gasteiger partial charge in [-0.25, -0.2) is 9.97 Å². The topological polar surface area (TPSA) is 98.0 Å². The number of anilines is 1. The van der Waals surface area contributed by atoms with Crippen molar-refractivity contribution in [1.82, 2.24) is 9.97 Å². The van der Waals surface area contributed by atoms with Crippen LogP contribution in [0.5, 0.6) is 0 Å². The van der Waals surface area contributed by atoms with E-state index in [0.717, 1.165) is 18.6 Å². The number of alkyl halides is 3. The predicted octanol–water partition coefficient (Wildman–Crippen LogP) is 3.31. The Kier molecular flexibility index (Phi) is 4.45. The quantitative estimate of drug-likeness (QED) is 0.679. The number of carbonyl (C=O) groups excluding carboxylic acids is 1. The molecule has 0 radical (unpaired) electrons. The number of benzene rings is 1. The first kappa shape index (κ1) is 16.6. The van der Waals surface area contributed by atoms with Crippen LogP contribution in [0.4, 0.5) is 24.5 Å². The third-order valence-corrected chi connectivity index (χ3v) is 2.92. The van der Waals surface area contributed by atoms with Crippen molar-refractivity contribution in [2.24, 2.45) is 0 Å². The van der Waals surface area contributed by atoms with Gasteiger partial charge in [-0.3, -0.25) is 14.9 Å². The molecule has 0 saturated carbocycles. The molecule has 23 heavy (non-hydrogen) atoms. The zero-order valence-corrected chi connectivity index (χ0v) is 11.7. The first-order chi connectivity index (χ1) is 10.7. The number of hydrogen-bond donors (Lipinski definition) is 1. The van der Waals surface area contributed by atoms with Crippen LogP contribution in [0, 0.1) is 10.1 Å². The van der Waals surface area contributed by atoms with Gasteiger partial charge in [0.25, 0.3) is 11.6 Å². The molecule has 1 N–H and O–H groups in total. The Morgan fingerprint density at radius 3 is 2.61 bits per heavy atom. The maximum Gasteiger partial charge on any atom is 0.423 e. The Bertz CT molecular complexity index is 782. The molecule has 0 spiro atoms. The maximum absolute atomic E-state index is 12.9. The lowest BCUT2D eigenvalue weighted by atomic mass is 10.1. The molecule has 11 heteroatoms. The minimum Gasteiger partial charge on any atom is -0.321 e. The van der Waals surface area contributed by atoms with Crippen LogP contribution in [0.2, 0.25) is 5.02 Å². The van der Waals surface area contributed by atoms with Gasteiger partial charge in [0.2, 0.25) is 0 Å². The smallest absolute Gasteiger partial charge is 0.321 e. The molecule has 0 fully saturated rings. The van der Waals surface area contributed by atoms with Gasteiger partial charge in [-0.15, -0.1) is 0 Å². The molecule has 1 heterocycles. The molecular weight excluding hydrogens is 341 g/mol. The van der Waals surface area contributed by atoms with Crippen LogP contribution in [-0.4, -0.2) is 20.8 Å². The van der Waals surface area contributed by atoms with E-state index in [1.54, 1.807) is 0 Å². The number of amides is 1. The van der Waals surface area contributed by atoms with Crippen molar-refractivity contribution >= 4 is 28.9 Å². The number of nitro benzene ring substituents is 1. The molecule has 0 unspecified atom stereocenters. The van der Waals surface area contributed by atoms with Gasteiger partial charge in [0.1, 0.15) is 17.6 Å². The fraction of sp³-hybridized carbons (Fsp3) is 0.0833. The molecule has 0 bridgehead atoms.